The molecule has 0 aliphatic carbocycles. The summed E-state index contributed by atoms with van der Waals surface area (Å²) in [7, 11) is 1.61. The molecule has 11 heavy (non-hydrogen) atoms. The molecule has 0 aliphatic rings. The highest BCUT2D eigenvalue weighted by atomic mass is 35.5. The van der Waals surface area contributed by atoms with Crippen molar-refractivity contribution in [3.8, 4) is 0 Å². The molecule has 1 aromatic rings. The van der Waals surface area contributed by atoms with Crippen LogP contribution in [0.3, 0.4) is 0 Å². The molecule has 5 nitrogen and oxygen atoms in total. The Morgan fingerprint density at radius 2 is 2.27 bits per heavy atom. The highest BCUT2D eigenvalue weighted by Crippen LogP contribution is 2.25. The summed E-state index contributed by atoms with van der Waals surface area (Å²) in [6, 6.07) is 0. The van der Waals surface area contributed by atoms with E-state index in [1.54, 1.807) is 14.0 Å². The van der Waals surface area contributed by atoms with Gasteiger partial charge < -0.3 is 0 Å². The Morgan fingerprint density at radius 3 is 2.45 bits per heavy atom. The van der Waals surface area contributed by atoms with Crippen LogP contribution in [0, 0.1) is 17.0 Å². The third kappa shape index (κ3) is 1.19. The summed E-state index contributed by atoms with van der Waals surface area (Å²) >= 11 is 5.47. The average molecular weight is 176 g/mol. The zero-order valence-electron chi connectivity index (χ0n) is 6.04. The van der Waals surface area contributed by atoms with Crippen molar-refractivity contribution in [2.45, 2.75) is 6.92 Å². The molecule has 1 aromatic heterocycles. The quantitative estimate of drug-likeness (QED) is 0.477. The molecule has 0 saturated carbocycles. The molecule has 1 rings (SSSR count). The molecule has 0 radical (unpaired) electrons. The van der Waals surface area contributed by atoms with Crippen LogP contribution in [0.15, 0.2) is 0 Å². The van der Waals surface area contributed by atoms with Crippen molar-refractivity contribution < 1.29 is 4.92 Å². The monoisotopic (exact) mass is 175 g/mol. The minimum Gasteiger partial charge on any atom is -0.264 e. The second kappa shape index (κ2) is 2.50. The highest BCUT2D eigenvalue weighted by molar-refractivity contribution is 6.31. The molecule has 0 bridgehead atoms. The fourth-order valence-electron chi connectivity index (χ4n) is 0.764. The van der Waals surface area contributed by atoms with Crippen LogP contribution < -0.4 is 0 Å². The number of nitro groups is 1. The van der Waals surface area contributed by atoms with Gasteiger partial charge in [-0.05, 0) is 6.92 Å². The molecule has 1 heterocycles. The van der Waals surface area contributed by atoms with Crippen molar-refractivity contribution in [3.63, 3.8) is 0 Å². The average Bonchev–Trinajstić information content (AvgIpc) is 2.07. The van der Waals surface area contributed by atoms with Crippen LogP contribution in [0.5, 0.6) is 0 Å². The molecule has 0 N–H and O–H groups in total. The minimum absolute atomic E-state index is 0.0602. The molecular formula is C5H6ClN3O2. The van der Waals surface area contributed by atoms with Crippen molar-refractivity contribution >= 4 is 17.3 Å². The second-order valence-corrected chi connectivity index (χ2v) is 2.46. The summed E-state index contributed by atoms with van der Waals surface area (Å²) in [6.07, 6.45) is 0. The summed E-state index contributed by atoms with van der Waals surface area (Å²) in [5.41, 5.74) is 0.342. The molecule has 0 spiro atoms. The Morgan fingerprint density at radius 1 is 1.73 bits per heavy atom. The Balaban J connectivity index is 3.34. The molecule has 0 saturated heterocycles. The zero-order valence-corrected chi connectivity index (χ0v) is 6.79. The fraction of sp³-hybridized carbons (Fsp3) is 0.400. The maximum atomic E-state index is 10.3. The van der Waals surface area contributed by atoms with Gasteiger partial charge in [-0.25, -0.2) is 0 Å². The first-order valence-corrected chi connectivity index (χ1v) is 3.25. The Labute approximate surface area is 67.7 Å². The number of hydrogen-bond donors (Lipinski definition) is 0. The Kier molecular flexibility index (Phi) is 1.82. The number of nitrogens with zero attached hydrogens (tertiary/aromatic N) is 3. The molecule has 0 aliphatic heterocycles. The molecule has 60 valence electrons. The van der Waals surface area contributed by atoms with Crippen LogP contribution in [-0.4, -0.2) is 14.7 Å². The van der Waals surface area contributed by atoms with Gasteiger partial charge in [0.15, 0.2) is 0 Å². The molecule has 0 atom stereocenters. The first-order valence-electron chi connectivity index (χ1n) is 2.87. The van der Waals surface area contributed by atoms with Gasteiger partial charge in [0.1, 0.15) is 5.69 Å². The molecule has 0 aromatic carbocycles. The van der Waals surface area contributed by atoms with E-state index in [0.717, 1.165) is 0 Å². The van der Waals surface area contributed by atoms with Crippen LogP contribution in [0.2, 0.25) is 5.15 Å². The summed E-state index contributed by atoms with van der Waals surface area (Å²) in [4.78, 5) is 9.79. The molecule has 0 fully saturated rings. The number of aryl methyl sites for hydroxylation is 1. The minimum atomic E-state index is -0.537. The van der Waals surface area contributed by atoms with Gasteiger partial charge in [0.2, 0.25) is 5.15 Å². The Bertz CT molecular complexity index is 307. The van der Waals surface area contributed by atoms with E-state index in [2.05, 4.69) is 5.10 Å². The van der Waals surface area contributed by atoms with E-state index in [1.165, 1.54) is 4.68 Å². The first kappa shape index (κ1) is 8.00. The predicted octanol–water partition coefficient (Wildman–Crippen LogP) is 1.29. The van der Waals surface area contributed by atoms with Crippen molar-refractivity contribution in [1.82, 2.24) is 9.78 Å². The van der Waals surface area contributed by atoms with Crippen molar-refractivity contribution in [2.24, 2.45) is 7.05 Å². The van der Waals surface area contributed by atoms with Gasteiger partial charge >= 0.3 is 5.69 Å². The summed E-state index contributed by atoms with van der Waals surface area (Å²) in [5.74, 6) is 0. The lowest BCUT2D eigenvalue weighted by Gasteiger charge is -1.89. The third-order valence-corrected chi connectivity index (χ3v) is 1.70. The highest BCUT2D eigenvalue weighted by Gasteiger charge is 2.21. The number of hydrogen-bond acceptors (Lipinski definition) is 3. The van der Waals surface area contributed by atoms with Gasteiger partial charge in [0.25, 0.3) is 0 Å². The number of rotatable bonds is 1. The molecular weight excluding hydrogens is 170 g/mol. The lowest BCUT2D eigenvalue weighted by molar-refractivity contribution is -0.385. The zero-order chi connectivity index (χ0) is 8.59. The van der Waals surface area contributed by atoms with Crippen molar-refractivity contribution in [3.05, 3.63) is 21.0 Å². The van der Waals surface area contributed by atoms with Crippen molar-refractivity contribution in [2.75, 3.05) is 0 Å². The summed E-state index contributed by atoms with van der Waals surface area (Å²) < 4.78 is 1.38. The maximum Gasteiger partial charge on any atom is 0.328 e. The van der Waals surface area contributed by atoms with Crippen LogP contribution >= 0.6 is 11.6 Å². The van der Waals surface area contributed by atoms with Gasteiger partial charge in [0, 0.05) is 7.05 Å². The largest absolute Gasteiger partial charge is 0.328 e. The molecule has 0 amide bonds. The van der Waals surface area contributed by atoms with Crippen LogP contribution in [0.1, 0.15) is 5.69 Å². The third-order valence-electron chi connectivity index (χ3n) is 1.44. The smallest absolute Gasteiger partial charge is 0.264 e. The number of halogens is 1. The normalized spacial score (nSPS) is 10.1. The standard InChI is InChI=1S/C5H6ClN3O2/c1-3-4(9(10)11)5(6)7-8(3)2/h1-2H3. The van der Waals surface area contributed by atoms with Crippen LogP contribution in [0.4, 0.5) is 5.69 Å². The predicted molar refractivity (Wildman–Crippen MR) is 39.6 cm³/mol. The lowest BCUT2D eigenvalue weighted by atomic mass is 10.4. The van der Waals surface area contributed by atoms with E-state index in [9.17, 15) is 10.1 Å². The van der Waals surface area contributed by atoms with Gasteiger partial charge in [-0.1, -0.05) is 11.6 Å². The van der Waals surface area contributed by atoms with Crippen LogP contribution in [-0.2, 0) is 7.05 Å². The topological polar surface area (TPSA) is 61.0 Å². The van der Waals surface area contributed by atoms with E-state index >= 15 is 0 Å². The molecule has 0 unspecified atom stereocenters. The number of aromatic nitrogens is 2. The van der Waals surface area contributed by atoms with Crippen molar-refractivity contribution in [1.29, 1.82) is 0 Å². The molecule has 6 heteroatoms. The second-order valence-electron chi connectivity index (χ2n) is 2.11. The van der Waals surface area contributed by atoms with E-state index in [4.69, 9.17) is 11.6 Å². The van der Waals surface area contributed by atoms with Gasteiger partial charge in [-0.15, -0.1) is 0 Å². The van der Waals surface area contributed by atoms with Gasteiger partial charge in [0.05, 0.1) is 4.92 Å². The summed E-state index contributed by atoms with van der Waals surface area (Å²) in [5, 5.41) is 13.9. The van der Waals surface area contributed by atoms with E-state index in [-0.39, 0.29) is 10.8 Å². The SMILES string of the molecule is Cc1c([N+](=O)[O-])c(Cl)nn1C. The van der Waals surface area contributed by atoms with E-state index in [1.807, 2.05) is 0 Å². The van der Waals surface area contributed by atoms with Gasteiger partial charge in [-0.2, -0.15) is 5.10 Å². The fourth-order valence-corrected chi connectivity index (χ4v) is 1.08. The van der Waals surface area contributed by atoms with E-state index < -0.39 is 4.92 Å². The van der Waals surface area contributed by atoms with Gasteiger partial charge in [-0.3, -0.25) is 14.8 Å². The first-order chi connectivity index (χ1) is 5.04. The Hall–Kier alpha value is -1.10. The maximum absolute atomic E-state index is 10.3. The lowest BCUT2D eigenvalue weighted by Crippen LogP contribution is -1.94. The summed E-state index contributed by atoms with van der Waals surface area (Å²) in [6.45, 7) is 1.59. The van der Waals surface area contributed by atoms with E-state index in [0.29, 0.717) is 5.69 Å². The van der Waals surface area contributed by atoms with Crippen LogP contribution in [0.25, 0.3) is 0 Å².